The van der Waals surface area contributed by atoms with E-state index in [1.807, 2.05) is 24.3 Å². The summed E-state index contributed by atoms with van der Waals surface area (Å²) in [7, 11) is -2.04. The molecule has 21 heavy (non-hydrogen) atoms. The fraction of sp³-hybridized carbons (Fsp3) is 0.500. The van der Waals surface area contributed by atoms with E-state index in [0.717, 1.165) is 22.5 Å². The molecule has 0 radical (unpaired) electrons. The molecule has 0 spiro atoms. The maximum atomic E-state index is 11.2. The van der Waals surface area contributed by atoms with E-state index in [1.54, 1.807) is 18.7 Å². The van der Waals surface area contributed by atoms with Crippen molar-refractivity contribution in [2.24, 2.45) is 0 Å². The zero-order chi connectivity index (χ0) is 15.9. The summed E-state index contributed by atoms with van der Waals surface area (Å²) in [6.07, 6.45) is 1.58. The molecule has 0 N–H and O–H groups in total. The van der Waals surface area contributed by atoms with Gasteiger partial charge in [0.05, 0.1) is 25.9 Å². The molecule has 0 aliphatic rings. The summed E-state index contributed by atoms with van der Waals surface area (Å²) in [4.78, 5) is 12.3. The molecular weight excluding hydrogens is 312 g/mol. The molecule has 0 saturated carbocycles. The third-order valence-electron chi connectivity index (χ3n) is 2.61. The van der Waals surface area contributed by atoms with Crippen LogP contribution in [0.1, 0.15) is 18.9 Å². The standard InChI is InChI=1S/C14H20O5S2/c1-11(19-21(3,16)17)7-8-20-13-6-4-5-12(9-13)10-14(15)18-2/h4-6,9,11H,7-8,10H2,1-3H3/t11-/m0/s1. The lowest BCUT2D eigenvalue weighted by molar-refractivity contribution is -0.139. The Hall–Kier alpha value is -1.05. The van der Waals surface area contributed by atoms with E-state index >= 15 is 0 Å². The Morgan fingerprint density at radius 2 is 2.10 bits per heavy atom. The summed E-state index contributed by atoms with van der Waals surface area (Å²) in [5.41, 5.74) is 0.896. The number of hydrogen-bond donors (Lipinski definition) is 0. The van der Waals surface area contributed by atoms with Crippen LogP contribution < -0.4 is 0 Å². The zero-order valence-electron chi connectivity index (χ0n) is 12.4. The maximum absolute atomic E-state index is 11.2. The highest BCUT2D eigenvalue weighted by molar-refractivity contribution is 7.99. The van der Waals surface area contributed by atoms with Gasteiger partial charge in [0.15, 0.2) is 0 Å². The summed E-state index contributed by atoms with van der Waals surface area (Å²) in [6, 6.07) is 7.64. The van der Waals surface area contributed by atoms with E-state index in [2.05, 4.69) is 4.74 Å². The molecule has 0 amide bonds. The monoisotopic (exact) mass is 332 g/mol. The molecule has 0 saturated heterocycles. The first kappa shape index (κ1) is 18.0. The molecule has 0 aromatic heterocycles. The quantitative estimate of drug-likeness (QED) is 0.413. The van der Waals surface area contributed by atoms with Gasteiger partial charge >= 0.3 is 5.97 Å². The Morgan fingerprint density at radius 1 is 1.38 bits per heavy atom. The van der Waals surface area contributed by atoms with Gasteiger partial charge in [0, 0.05) is 10.6 Å². The molecule has 0 bridgehead atoms. The van der Waals surface area contributed by atoms with Gasteiger partial charge in [-0.2, -0.15) is 8.42 Å². The zero-order valence-corrected chi connectivity index (χ0v) is 14.0. The maximum Gasteiger partial charge on any atom is 0.309 e. The van der Waals surface area contributed by atoms with Gasteiger partial charge in [0.25, 0.3) is 10.1 Å². The lowest BCUT2D eigenvalue weighted by atomic mass is 10.1. The number of rotatable bonds is 8. The van der Waals surface area contributed by atoms with Crippen LogP contribution in [-0.2, 0) is 30.3 Å². The molecule has 7 heteroatoms. The molecule has 1 rings (SSSR count). The van der Waals surface area contributed by atoms with Gasteiger partial charge < -0.3 is 4.74 Å². The minimum Gasteiger partial charge on any atom is -0.469 e. The summed E-state index contributed by atoms with van der Waals surface area (Å²) >= 11 is 1.60. The molecule has 5 nitrogen and oxygen atoms in total. The predicted octanol–water partition coefficient (Wildman–Crippen LogP) is 2.25. The van der Waals surface area contributed by atoms with E-state index in [4.69, 9.17) is 4.18 Å². The number of benzene rings is 1. The predicted molar refractivity (Wildman–Crippen MR) is 82.9 cm³/mol. The van der Waals surface area contributed by atoms with E-state index in [0.29, 0.717) is 6.42 Å². The second-order valence-corrected chi connectivity index (χ2v) is 7.42. The van der Waals surface area contributed by atoms with Crippen molar-refractivity contribution >= 4 is 27.8 Å². The third kappa shape index (κ3) is 8.08. The smallest absolute Gasteiger partial charge is 0.309 e. The highest BCUT2D eigenvalue weighted by Crippen LogP contribution is 2.21. The molecule has 0 aliphatic heterocycles. The van der Waals surface area contributed by atoms with Crippen molar-refractivity contribution in [3.8, 4) is 0 Å². The van der Waals surface area contributed by atoms with Crippen molar-refractivity contribution in [3.63, 3.8) is 0 Å². The molecule has 1 aromatic carbocycles. The molecular formula is C14H20O5S2. The molecule has 0 unspecified atom stereocenters. The first-order valence-corrected chi connectivity index (χ1v) is 9.27. The van der Waals surface area contributed by atoms with E-state index < -0.39 is 10.1 Å². The molecule has 118 valence electrons. The summed E-state index contributed by atoms with van der Waals surface area (Å²) in [5.74, 6) is 0.463. The fourth-order valence-electron chi connectivity index (χ4n) is 1.67. The largest absolute Gasteiger partial charge is 0.469 e. The third-order valence-corrected chi connectivity index (χ3v) is 4.31. The van der Waals surface area contributed by atoms with E-state index in [9.17, 15) is 13.2 Å². The van der Waals surface area contributed by atoms with Crippen molar-refractivity contribution in [2.75, 3.05) is 19.1 Å². The molecule has 0 aliphatic carbocycles. The van der Waals surface area contributed by atoms with Crippen LogP contribution in [0.25, 0.3) is 0 Å². The van der Waals surface area contributed by atoms with Crippen LogP contribution in [0.5, 0.6) is 0 Å². The lowest BCUT2D eigenvalue weighted by Crippen LogP contribution is -2.14. The van der Waals surface area contributed by atoms with Crippen molar-refractivity contribution in [3.05, 3.63) is 29.8 Å². The van der Waals surface area contributed by atoms with Gasteiger partial charge in [0.2, 0.25) is 0 Å². The minimum atomic E-state index is -3.40. The highest BCUT2D eigenvalue weighted by Gasteiger charge is 2.10. The topological polar surface area (TPSA) is 69.7 Å². The number of ether oxygens (including phenoxy) is 1. The molecule has 0 heterocycles. The first-order valence-electron chi connectivity index (χ1n) is 6.47. The van der Waals surface area contributed by atoms with Gasteiger partial charge in [-0.15, -0.1) is 11.8 Å². The number of methoxy groups -OCH3 is 1. The lowest BCUT2D eigenvalue weighted by Gasteiger charge is -2.10. The van der Waals surface area contributed by atoms with Crippen molar-refractivity contribution in [1.82, 2.24) is 0 Å². The Bertz CT molecular complexity index is 568. The van der Waals surface area contributed by atoms with Crippen molar-refractivity contribution in [2.45, 2.75) is 30.8 Å². The van der Waals surface area contributed by atoms with E-state index in [1.165, 1.54) is 7.11 Å². The average Bonchev–Trinajstić information content (AvgIpc) is 2.37. The van der Waals surface area contributed by atoms with Crippen LogP contribution in [0.3, 0.4) is 0 Å². The fourth-order valence-corrected chi connectivity index (χ4v) is 3.46. The summed E-state index contributed by atoms with van der Waals surface area (Å²) in [5, 5.41) is 0. The van der Waals surface area contributed by atoms with Crippen LogP contribution in [-0.4, -0.2) is 39.6 Å². The molecule has 0 fully saturated rings. The number of thioether (sulfide) groups is 1. The Labute approximate surface area is 130 Å². The van der Waals surface area contributed by atoms with Crippen LogP contribution in [0, 0.1) is 0 Å². The normalized spacial score (nSPS) is 12.9. The second-order valence-electron chi connectivity index (χ2n) is 4.65. The Morgan fingerprint density at radius 3 is 2.71 bits per heavy atom. The Kier molecular flexibility index (Phi) is 7.21. The minimum absolute atomic E-state index is 0.249. The van der Waals surface area contributed by atoms with E-state index in [-0.39, 0.29) is 18.5 Å². The van der Waals surface area contributed by atoms with Gasteiger partial charge in [0.1, 0.15) is 0 Å². The molecule has 1 atom stereocenters. The number of hydrogen-bond acceptors (Lipinski definition) is 6. The highest BCUT2D eigenvalue weighted by atomic mass is 32.2. The first-order chi connectivity index (χ1) is 9.80. The molecule has 1 aromatic rings. The van der Waals surface area contributed by atoms with Crippen molar-refractivity contribution < 1.29 is 22.1 Å². The summed E-state index contributed by atoms with van der Waals surface area (Å²) in [6.45, 7) is 1.73. The van der Waals surface area contributed by atoms with Crippen LogP contribution in [0.4, 0.5) is 0 Å². The van der Waals surface area contributed by atoms with Crippen LogP contribution in [0.2, 0.25) is 0 Å². The summed E-state index contributed by atoms with van der Waals surface area (Å²) < 4.78 is 31.5. The Balaban J connectivity index is 2.45. The number of carbonyl (C=O) groups excluding carboxylic acids is 1. The van der Waals surface area contributed by atoms with Crippen molar-refractivity contribution in [1.29, 1.82) is 0 Å². The average molecular weight is 332 g/mol. The SMILES string of the molecule is COC(=O)Cc1cccc(SCC[C@H](C)OS(C)(=O)=O)c1. The second kappa shape index (κ2) is 8.41. The van der Waals surface area contributed by atoms with Gasteiger partial charge in [-0.25, -0.2) is 0 Å². The van der Waals surface area contributed by atoms with Gasteiger partial charge in [-0.05, 0) is 31.0 Å². The van der Waals surface area contributed by atoms with Gasteiger partial charge in [-0.3, -0.25) is 8.98 Å². The number of esters is 1. The van der Waals surface area contributed by atoms with Crippen LogP contribution in [0.15, 0.2) is 29.2 Å². The van der Waals surface area contributed by atoms with Crippen LogP contribution >= 0.6 is 11.8 Å². The number of carbonyl (C=O) groups is 1. The van der Waals surface area contributed by atoms with Gasteiger partial charge in [-0.1, -0.05) is 12.1 Å².